The minimum absolute atomic E-state index is 0.0755. The third-order valence-corrected chi connectivity index (χ3v) is 18.1. The van der Waals surface area contributed by atoms with Crippen LogP contribution in [0.4, 0.5) is 0 Å². The SMILES string of the molecule is CCCCC/C=C\C/C=C\C/C=C\C/C=C\CCCC(=O)OC[C@H](COP(=O)(O)OC[C@@H](O)COP(=O)(O)OC[C@@H](COCCCCCCC/C=C\CCCCCCC=O)OC(=O)CCCCCCC/C=C\C/C=C\CCCCC)OC(=O)CCCCCCC/C=C\C/C=C\CCCCC. The normalized spacial score (nSPS) is 14.5. The number of phosphoric ester groups is 2. The maximum atomic E-state index is 13.1. The molecule has 0 amide bonds. The Kier molecular flexibility index (Phi) is 71.5. The predicted molar refractivity (Wildman–Crippen MR) is 409 cm³/mol. The van der Waals surface area contributed by atoms with E-state index >= 15 is 0 Å². The molecule has 0 fully saturated rings. The molecule has 0 aliphatic heterocycles. The van der Waals surface area contributed by atoms with Crippen LogP contribution < -0.4 is 0 Å². The van der Waals surface area contributed by atoms with E-state index in [0.717, 1.165) is 192 Å². The smallest absolute Gasteiger partial charge is 0.462 e. The summed E-state index contributed by atoms with van der Waals surface area (Å²) in [6.45, 7) is 3.47. The standard InChI is InChI=1S/C81H140O17P2/c1-4-7-10-13-16-19-22-25-28-29-32-35-40-45-50-55-60-65-79(84)92-73-78(98-81(86)67-62-57-52-47-42-37-31-27-24-21-18-15-12-9-6-3)75-96-100(89,90)94-71-76(83)70-93-99(87,88)95-74-77(72-91-69-64-59-54-49-44-39-34-33-38-43-48-53-58-63-68-82)97-80(85)66-61-56-51-46-41-36-30-26-23-20-17-14-11-8-5-2/h16-21,25-28,30-35,45,50,68,76-78,83H,4-15,22-24,29,36-44,46-49,51-67,69-75H2,1-3H3,(H,87,88)(H,89,90)/b19-16-,20-17-,21-18-,28-25-,30-26-,31-27-,34-33-,35-32-,50-45-/t76-,77+,78+/m0/s1. The summed E-state index contributed by atoms with van der Waals surface area (Å²) >= 11 is 0. The van der Waals surface area contributed by atoms with Crippen LogP contribution in [0.5, 0.6) is 0 Å². The number of esters is 3. The van der Waals surface area contributed by atoms with E-state index < -0.39 is 84.9 Å². The van der Waals surface area contributed by atoms with Crippen LogP contribution in [0.25, 0.3) is 0 Å². The number of rotatable bonds is 75. The first kappa shape index (κ1) is 95.9. The summed E-state index contributed by atoms with van der Waals surface area (Å²) in [5, 5.41) is 10.6. The summed E-state index contributed by atoms with van der Waals surface area (Å²) in [5.41, 5.74) is 0. The fourth-order valence-corrected chi connectivity index (χ4v) is 11.8. The van der Waals surface area contributed by atoms with Gasteiger partial charge in [-0.15, -0.1) is 0 Å². The number of carbonyl (C=O) groups excluding carboxylic acids is 4. The largest absolute Gasteiger partial charge is 0.472 e. The number of ether oxygens (including phenoxy) is 4. The molecule has 0 saturated heterocycles. The number of aliphatic hydroxyl groups is 1. The highest BCUT2D eigenvalue weighted by atomic mass is 31.2. The number of phosphoric acid groups is 2. The number of carbonyl (C=O) groups is 4. The Labute approximate surface area is 607 Å². The van der Waals surface area contributed by atoms with E-state index in [9.17, 15) is 43.2 Å². The van der Waals surface area contributed by atoms with Gasteiger partial charge in [-0.3, -0.25) is 32.5 Å². The third-order valence-electron chi connectivity index (χ3n) is 16.2. The van der Waals surface area contributed by atoms with Crippen molar-refractivity contribution >= 4 is 39.8 Å². The zero-order valence-electron chi connectivity index (χ0n) is 62.6. The maximum Gasteiger partial charge on any atom is 0.472 e. The molecule has 5 atom stereocenters. The second-order valence-electron chi connectivity index (χ2n) is 25.9. The van der Waals surface area contributed by atoms with Crippen LogP contribution in [0.1, 0.15) is 316 Å². The molecule has 0 rings (SSSR count). The highest BCUT2D eigenvalue weighted by Gasteiger charge is 2.30. The van der Waals surface area contributed by atoms with E-state index in [1.54, 1.807) is 0 Å². The molecule has 100 heavy (non-hydrogen) atoms. The number of hydrogen-bond donors (Lipinski definition) is 3. The van der Waals surface area contributed by atoms with Gasteiger partial charge in [-0.05, 0) is 161 Å². The third kappa shape index (κ3) is 73.6. The van der Waals surface area contributed by atoms with E-state index in [1.807, 2.05) is 12.2 Å². The van der Waals surface area contributed by atoms with Crippen LogP contribution >= 0.6 is 15.6 Å². The lowest BCUT2D eigenvalue weighted by atomic mass is 10.1. The summed E-state index contributed by atoms with van der Waals surface area (Å²) in [4.78, 5) is 70.6. The summed E-state index contributed by atoms with van der Waals surface area (Å²) in [7, 11) is -9.86. The molecular formula is C81H140O17P2. The zero-order valence-corrected chi connectivity index (χ0v) is 64.4. The van der Waals surface area contributed by atoms with Gasteiger partial charge in [0, 0.05) is 32.3 Å². The van der Waals surface area contributed by atoms with E-state index in [2.05, 4.69) is 118 Å². The molecule has 0 aromatic carbocycles. The summed E-state index contributed by atoms with van der Waals surface area (Å²) in [5.74, 6) is -1.64. The quantitative estimate of drug-likeness (QED) is 0.0128. The van der Waals surface area contributed by atoms with Crippen molar-refractivity contribution in [1.29, 1.82) is 0 Å². The molecule has 0 radical (unpaired) electrons. The Morgan fingerprint density at radius 1 is 0.320 bits per heavy atom. The minimum atomic E-state index is -4.97. The molecule has 0 bridgehead atoms. The fraction of sp³-hybridized carbons (Fsp3) is 0.728. The molecule has 0 aliphatic carbocycles. The van der Waals surface area contributed by atoms with Crippen LogP contribution in [0.2, 0.25) is 0 Å². The lowest BCUT2D eigenvalue weighted by Crippen LogP contribution is -2.30. The monoisotopic (exact) mass is 1450 g/mol. The van der Waals surface area contributed by atoms with Gasteiger partial charge in [0.1, 0.15) is 25.1 Å². The minimum Gasteiger partial charge on any atom is -0.462 e. The van der Waals surface area contributed by atoms with Crippen molar-refractivity contribution in [2.75, 3.05) is 46.2 Å². The number of aliphatic hydroxyl groups excluding tert-OH is 1. The van der Waals surface area contributed by atoms with E-state index in [-0.39, 0.29) is 25.9 Å². The first-order valence-corrected chi connectivity index (χ1v) is 42.1. The Balaban J connectivity index is 5.36. The lowest BCUT2D eigenvalue weighted by molar-refractivity contribution is -0.161. The number of aldehydes is 1. The number of allylic oxidation sites excluding steroid dienone is 18. The highest BCUT2D eigenvalue weighted by molar-refractivity contribution is 7.47. The van der Waals surface area contributed by atoms with E-state index in [1.165, 1.54) is 57.8 Å². The van der Waals surface area contributed by atoms with Gasteiger partial charge in [-0.1, -0.05) is 239 Å². The van der Waals surface area contributed by atoms with Crippen molar-refractivity contribution in [3.8, 4) is 0 Å². The van der Waals surface area contributed by atoms with Gasteiger partial charge in [0.2, 0.25) is 0 Å². The molecule has 2 unspecified atom stereocenters. The van der Waals surface area contributed by atoms with Crippen LogP contribution in [0.15, 0.2) is 109 Å². The van der Waals surface area contributed by atoms with Gasteiger partial charge < -0.3 is 38.6 Å². The Morgan fingerprint density at radius 2 is 0.600 bits per heavy atom. The van der Waals surface area contributed by atoms with Crippen molar-refractivity contribution < 1.29 is 80.2 Å². The molecular weight excluding hydrogens is 1310 g/mol. The fourth-order valence-electron chi connectivity index (χ4n) is 10.2. The van der Waals surface area contributed by atoms with Crippen LogP contribution in [0.3, 0.4) is 0 Å². The zero-order chi connectivity index (χ0) is 73.0. The molecule has 17 nitrogen and oxygen atoms in total. The van der Waals surface area contributed by atoms with Crippen LogP contribution in [0, 0.1) is 0 Å². The molecule has 3 N–H and O–H groups in total. The number of hydrogen-bond acceptors (Lipinski definition) is 15. The first-order chi connectivity index (χ1) is 48.8. The van der Waals surface area contributed by atoms with E-state index in [4.69, 9.17) is 37.0 Å². The van der Waals surface area contributed by atoms with Gasteiger partial charge >= 0.3 is 33.6 Å². The van der Waals surface area contributed by atoms with Crippen molar-refractivity contribution in [2.24, 2.45) is 0 Å². The van der Waals surface area contributed by atoms with Crippen molar-refractivity contribution in [3.63, 3.8) is 0 Å². The summed E-state index contributed by atoms with van der Waals surface area (Å²) in [6, 6.07) is 0. The topological polar surface area (TPSA) is 237 Å². The van der Waals surface area contributed by atoms with Crippen molar-refractivity contribution in [3.05, 3.63) is 109 Å². The van der Waals surface area contributed by atoms with E-state index in [0.29, 0.717) is 38.7 Å². The summed E-state index contributed by atoms with van der Waals surface area (Å²) < 4.78 is 69.1. The lowest BCUT2D eigenvalue weighted by Gasteiger charge is -2.21. The van der Waals surface area contributed by atoms with Crippen LogP contribution in [-0.2, 0) is 65.4 Å². The number of unbranched alkanes of at least 4 members (excludes halogenated alkanes) is 30. The van der Waals surface area contributed by atoms with Gasteiger partial charge in [0.25, 0.3) is 0 Å². The van der Waals surface area contributed by atoms with Gasteiger partial charge in [-0.2, -0.15) is 0 Å². The average molecular weight is 1450 g/mol. The van der Waals surface area contributed by atoms with Crippen molar-refractivity contribution in [2.45, 2.75) is 334 Å². The molecule has 0 aliphatic rings. The second kappa shape index (κ2) is 74.6. The molecule has 19 heteroatoms. The average Bonchev–Trinajstić information content (AvgIpc) is 0.941. The van der Waals surface area contributed by atoms with Gasteiger partial charge in [-0.25, -0.2) is 9.13 Å². The Bertz CT molecular complexity index is 2290. The molecule has 576 valence electrons. The molecule has 0 saturated carbocycles. The maximum absolute atomic E-state index is 13.1. The predicted octanol–water partition coefficient (Wildman–Crippen LogP) is 22.2. The molecule has 0 aromatic heterocycles. The van der Waals surface area contributed by atoms with Crippen molar-refractivity contribution in [1.82, 2.24) is 0 Å². The Hall–Kier alpha value is -4.12. The van der Waals surface area contributed by atoms with Crippen LogP contribution in [-0.4, -0.2) is 104 Å². The molecule has 0 aromatic rings. The van der Waals surface area contributed by atoms with Gasteiger partial charge in [0.05, 0.1) is 33.0 Å². The molecule has 0 heterocycles. The van der Waals surface area contributed by atoms with Gasteiger partial charge in [0.15, 0.2) is 6.10 Å². The summed E-state index contributed by atoms with van der Waals surface area (Å²) in [6.07, 6.45) is 79.8. The molecule has 0 spiro atoms. The highest BCUT2D eigenvalue weighted by Crippen LogP contribution is 2.45. The Morgan fingerprint density at radius 3 is 0.970 bits per heavy atom. The first-order valence-electron chi connectivity index (χ1n) is 39.1. The second-order valence-corrected chi connectivity index (χ2v) is 28.8.